The molecule has 0 spiro atoms. The van der Waals surface area contributed by atoms with Crippen molar-refractivity contribution < 1.29 is 76.4 Å². The molecule has 0 aliphatic carbocycles. The van der Waals surface area contributed by atoms with E-state index in [1.54, 1.807) is 39.3 Å². The quantitative estimate of drug-likeness (QED) is 0.0818. The lowest BCUT2D eigenvalue weighted by Crippen LogP contribution is -2.65. The Bertz CT molecular complexity index is 2500. The highest BCUT2D eigenvalue weighted by molar-refractivity contribution is 6.74. The summed E-state index contributed by atoms with van der Waals surface area (Å²) in [6.45, 7) is 22.1. The highest BCUT2D eigenvalue weighted by Crippen LogP contribution is 2.44. The molecule has 85 heavy (non-hydrogen) atoms. The molecule has 22 nitrogen and oxygen atoms in total. The molecule has 0 radical (unpaired) electrons. The number of methoxy groups -OCH3 is 1. The second-order valence-corrected chi connectivity index (χ2v) is 30.8. The molecule has 1 unspecified atom stereocenters. The number of para-hydroxylation sites is 1. The number of nitrogens with zero attached hydrogens (tertiary/aromatic N) is 4. The Balaban J connectivity index is 1.06. The van der Waals surface area contributed by atoms with Crippen LogP contribution in [0.3, 0.4) is 0 Å². The van der Waals surface area contributed by atoms with E-state index < -0.39 is 118 Å². The van der Waals surface area contributed by atoms with Gasteiger partial charge in [0.05, 0.1) is 54.8 Å². The number of benzene rings is 1. The number of carbonyl (C=O) groups excluding carboxylic acids is 3. The molecule has 2 aromatic rings. The topological polar surface area (TPSA) is 251 Å². The Morgan fingerprint density at radius 1 is 0.906 bits per heavy atom. The number of amides is 1. The summed E-state index contributed by atoms with van der Waals surface area (Å²) in [6.07, 6.45) is 1.73. The number of aliphatic hydroxyl groups excluding tert-OH is 1. The van der Waals surface area contributed by atoms with E-state index in [2.05, 4.69) is 74.7 Å². The van der Waals surface area contributed by atoms with E-state index in [0.29, 0.717) is 43.5 Å². The third-order valence-corrected chi connectivity index (χ3v) is 22.2. The number of fused-ring (bicyclic) bond motifs is 3. The van der Waals surface area contributed by atoms with E-state index in [0.717, 1.165) is 12.8 Å². The third-order valence-electron chi connectivity index (χ3n) is 17.7. The third kappa shape index (κ3) is 18.8. The van der Waals surface area contributed by atoms with Crippen molar-refractivity contribution in [1.82, 2.24) is 25.2 Å². The fourth-order valence-corrected chi connectivity index (χ4v) is 13.3. The van der Waals surface area contributed by atoms with Gasteiger partial charge in [0.15, 0.2) is 33.3 Å². The number of aryl methyl sites for hydroxylation is 1. The minimum atomic E-state index is -2.51. The molecule has 1 aromatic heterocycles. The average Bonchev–Trinajstić information content (AvgIpc) is 3.97. The summed E-state index contributed by atoms with van der Waals surface area (Å²) in [5.41, 5.74) is -0.279. The van der Waals surface area contributed by atoms with Gasteiger partial charge in [-0.2, -0.15) is 0 Å². The highest BCUT2D eigenvalue weighted by Gasteiger charge is 2.54. The van der Waals surface area contributed by atoms with E-state index in [-0.39, 0.29) is 60.7 Å². The Morgan fingerprint density at radius 3 is 2.31 bits per heavy atom. The van der Waals surface area contributed by atoms with Crippen LogP contribution in [0.25, 0.3) is 0 Å². The standard InChI is InChI=1S/C62H100N6O16Si/c1-37-31-42-32-52(84-85(14,15)61(6,7)8)80-47(33-50(71)75-38(2)23-18-16-21-27-46(37)79-51-30-29-45(63-10)39(3)76-51)58(74-13)57(42)83-60-55(72)54(67(11)12)56(40(4)78-60)82-53-34-62(9,73)59(41(5)77-53)81-49(70)28-22-26-44-35-68(66-65-44)36-48(69)64-43-24-19-17-20-25-43/h16-21,24-25,27,35,37-42,45-47,51-60,63,72-73H,22-23,26,28-34,36H2,1-15H3,(H,64,69)/b18-16+,27-21+/t37-,38-,39-,40-,41+,42-,45+,46+,47-,51+,52?,53+,54-,55-,56-,57+,58+,59+,60+,62-/m1/s1. The zero-order valence-corrected chi connectivity index (χ0v) is 53.9. The predicted octanol–water partition coefficient (Wildman–Crippen LogP) is 6.97. The van der Waals surface area contributed by atoms with Crippen LogP contribution >= 0.6 is 0 Å². The van der Waals surface area contributed by atoms with Crippen LogP contribution in [0.5, 0.6) is 0 Å². The number of aromatic nitrogens is 3. The first-order valence-electron chi connectivity index (χ1n) is 30.6. The van der Waals surface area contributed by atoms with Crippen LogP contribution in [0.4, 0.5) is 5.69 Å². The smallest absolute Gasteiger partial charge is 0.308 e. The molecule has 5 aliphatic heterocycles. The number of rotatable bonds is 19. The lowest BCUT2D eigenvalue weighted by molar-refractivity contribution is -0.343. The molecule has 23 heteroatoms. The zero-order valence-electron chi connectivity index (χ0n) is 52.9. The monoisotopic (exact) mass is 1210 g/mol. The van der Waals surface area contributed by atoms with Crippen molar-refractivity contribution in [1.29, 1.82) is 0 Å². The summed E-state index contributed by atoms with van der Waals surface area (Å²) in [5.74, 6) is -1.73. The van der Waals surface area contributed by atoms with Gasteiger partial charge < -0.3 is 77.5 Å². The molecule has 4 fully saturated rings. The van der Waals surface area contributed by atoms with Gasteiger partial charge in [-0.3, -0.25) is 14.4 Å². The van der Waals surface area contributed by atoms with Crippen LogP contribution in [-0.2, 0) is 79.1 Å². The number of ether oxygens (including phenoxy) is 10. The molecule has 478 valence electrons. The maximum atomic E-state index is 14.0. The van der Waals surface area contributed by atoms with E-state index in [9.17, 15) is 24.6 Å². The average molecular weight is 1210 g/mol. The van der Waals surface area contributed by atoms with E-state index in [1.807, 2.05) is 76.3 Å². The number of hydrogen-bond donors (Lipinski definition) is 4. The molecule has 1 amide bonds. The molecule has 7 rings (SSSR count). The Morgan fingerprint density at radius 2 is 1.64 bits per heavy atom. The van der Waals surface area contributed by atoms with Crippen molar-refractivity contribution in [2.45, 2.75) is 261 Å². The minimum Gasteiger partial charge on any atom is -0.462 e. The molecule has 4 saturated heterocycles. The number of esters is 2. The van der Waals surface area contributed by atoms with Crippen molar-refractivity contribution in [3.63, 3.8) is 0 Å². The van der Waals surface area contributed by atoms with Crippen molar-refractivity contribution in [3.8, 4) is 0 Å². The molecule has 0 saturated carbocycles. The molecule has 1 aromatic carbocycles. The first-order chi connectivity index (χ1) is 40.1. The van der Waals surface area contributed by atoms with Crippen LogP contribution in [0.1, 0.15) is 126 Å². The summed E-state index contributed by atoms with van der Waals surface area (Å²) >= 11 is 0. The first kappa shape index (κ1) is 68.4. The number of aliphatic hydroxyl groups is 2. The van der Waals surface area contributed by atoms with Crippen molar-refractivity contribution in [3.05, 3.63) is 66.5 Å². The van der Waals surface area contributed by atoms with Gasteiger partial charge in [0.1, 0.15) is 42.9 Å². The maximum absolute atomic E-state index is 14.0. The van der Waals surface area contributed by atoms with Gasteiger partial charge in [-0.1, -0.05) is 75.4 Å². The van der Waals surface area contributed by atoms with Crippen LogP contribution < -0.4 is 10.6 Å². The SMILES string of the molecule is CN[C@H]1CC[C@H](O[C@H]2/C=C/C=C/C[C@@H](C)OC(=O)C[C@H]3OC(O[Si](C)(C)C(C)(C)C)C[C@@H](C[C@H]2C)[C@H](O[C@@H]2O[C@H](C)[C@@H](O[C@H]4C[C@@](C)(O)[C@@H](OC(=O)CCCc5cn(CC(=O)Nc6ccccc6)nn5)[C@H](C)O4)[C@H](N(C)C)[C@H]2O)[C@H]3OC)O[C@@H]1C. The van der Waals surface area contributed by atoms with E-state index >= 15 is 0 Å². The van der Waals surface area contributed by atoms with E-state index in [4.69, 9.17) is 51.8 Å². The lowest BCUT2D eigenvalue weighted by Gasteiger charge is -2.50. The molecule has 2 bridgehead atoms. The predicted molar refractivity (Wildman–Crippen MR) is 319 cm³/mol. The highest BCUT2D eigenvalue weighted by atomic mass is 28.4. The van der Waals surface area contributed by atoms with Gasteiger partial charge in [0, 0.05) is 50.7 Å². The second kappa shape index (κ2) is 30.4. The number of cyclic esters (lactones) is 1. The number of likely N-dealkylation sites (N-methyl/N-ethyl adjacent to an activating group) is 2. The Labute approximate surface area is 504 Å². The first-order valence-corrected chi connectivity index (χ1v) is 33.5. The van der Waals surface area contributed by atoms with Crippen molar-refractivity contribution >= 4 is 31.9 Å². The molecule has 5 aliphatic rings. The number of hydrogen-bond acceptors (Lipinski definition) is 20. The van der Waals surface area contributed by atoms with Crippen molar-refractivity contribution in [2.75, 3.05) is 33.6 Å². The van der Waals surface area contributed by atoms with E-state index in [1.165, 1.54) is 4.68 Å². The maximum Gasteiger partial charge on any atom is 0.308 e. The minimum absolute atomic E-state index is 0.0206. The molecular weight excluding hydrogens is 1110 g/mol. The largest absolute Gasteiger partial charge is 0.462 e. The summed E-state index contributed by atoms with van der Waals surface area (Å²) in [6, 6.07) is 8.61. The Kier molecular flexibility index (Phi) is 24.5. The summed E-state index contributed by atoms with van der Waals surface area (Å²) in [4.78, 5) is 41.7. The molecular formula is C62H100N6O16Si. The number of allylic oxidation sites excluding steroid dienone is 2. The fourth-order valence-electron chi connectivity index (χ4n) is 12.1. The number of anilines is 1. The zero-order chi connectivity index (χ0) is 62.0. The van der Waals surface area contributed by atoms with Gasteiger partial charge in [-0.25, -0.2) is 4.68 Å². The second-order valence-electron chi connectivity index (χ2n) is 26.1. The van der Waals surface area contributed by atoms with Crippen LogP contribution in [0.15, 0.2) is 60.8 Å². The fraction of sp³-hybridized carbons (Fsp3) is 0.758. The van der Waals surface area contributed by atoms with Crippen LogP contribution in [0.2, 0.25) is 18.1 Å². The normalized spacial score (nSPS) is 37.2. The molecule has 4 N–H and O–H groups in total. The van der Waals surface area contributed by atoms with Crippen molar-refractivity contribution in [2.24, 2.45) is 11.8 Å². The van der Waals surface area contributed by atoms with Gasteiger partial charge in [0.25, 0.3) is 0 Å². The lowest BCUT2D eigenvalue weighted by atomic mass is 9.82. The summed E-state index contributed by atoms with van der Waals surface area (Å²) in [7, 11) is 4.69. The Hall–Kier alpha value is -4.05. The van der Waals surface area contributed by atoms with Gasteiger partial charge in [0.2, 0.25) is 5.91 Å². The molecule has 6 heterocycles. The summed E-state index contributed by atoms with van der Waals surface area (Å²) in [5, 5.41) is 38.8. The molecule has 20 atom stereocenters. The van der Waals surface area contributed by atoms with Gasteiger partial charge >= 0.3 is 11.9 Å². The summed E-state index contributed by atoms with van der Waals surface area (Å²) < 4.78 is 74.3. The van der Waals surface area contributed by atoms with Crippen LogP contribution in [-0.4, -0.2) is 195 Å². The van der Waals surface area contributed by atoms with Gasteiger partial charge in [-0.05, 0) is 130 Å². The van der Waals surface area contributed by atoms with Gasteiger partial charge in [-0.15, -0.1) is 5.10 Å². The number of nitrogens with one attached hydrogen (secondary N) is 2. The number of carbonyl (C=O) groups is 3. The van der Waals surface area contributed by atoms with Crippen LogP contribution in [0, 0.1) is 11.8 Å².